The normalized spacial score (nSPS) is 12.0. The van der Waals surface area contributed by atoms with Gasteiger partial charge in [0, 0.05) is 4.47 Å². The lowest BCUT2D eigenvalue weighted by molar-refractivity contribution is -0.137. The number of hydrogen-bond donors (Lipinski definition) is 1. The van der Waals surface area contributed by atoms with E-state index in [2.05, 4.69) is 26.5 Å². The van der Waals surface area contributed by atoms with Gasteiger partial charge in [-0.2, -0.15) is 18.3 Å². The molecule has 0 bridgehead atoms. The Balaban J connectivity index is 1.94. The monoisotopic (exact) mass is 573 g/mol. The number of anilines is 1. The Hall–Kier alpha value is -2.89. The molecule has 0 spiro atoms. The van der Waals surface area contributed by atoms with Crippen molar-refractivity contribution in [2.45, 2.75) is 11.1 Å². The zero-order valence-electron chi connectivity index (χ0n) is 17.1. The highest BCUT2D eigenvalue weighted by molar-refractivity contribution is 9.10. The molecule has 178 valence electrons. The van der Waals surface area contributed by atoms with Crippen LogP contribution in [0.3, 0.4) is 0 Å². The first-order valence-corrected chi connectivity index (χ1v) is 12.1. The Morgan fingerprint density at radius 3 is 2.32 bits per heavy atom. The molecule has 0 aliphatic heterocycles. The minimum atomic E-state index is -4.75. The van der Waals surface area contributed by atoms with Gasteiger partial charge in [-0.15, -0.1) is 0 Å². The number of hydrogen-bond acceptors (Lipinski definition) is 4. The Labute approximate surface area is 207 Å². The van der Waals surface area contributed by atoms with E-state index < -0.39 is 39.9 Å². The van der Waals surface area contributed by atoms with Crippen LogP contribution in [0.1, 0.15) is 11.1 Å². The average Bonchev–Trinajstić information content (AvgIpc) is 2.79. The Bertz CT molecular complexity index is 1300. The molecule has 1 N–H and O–H groups in total. The van der Waals surface area contributed by atoms with E-state index in [4.69, 9.17) is 11.6 Å². The topological polar surface area (TPSA) is 78.8 Å². The summed E-state index contributed by atoms with van der Waals surface area (Å²) in [6.07, 6.45) is -3.42. The molecule has 0 saturated heterocycles. The third-order valence-corrected chi connectivity index (χ3v) is 7.06. The molecule has 0 aromatic heterocycles. The quantitative estimate of drug-likeness (QED) is 0.300. The molecule has 12 heteroatoms. The highest BCUT2D eigenvalue weighted by Crippen LogP contribution is 2.37. The van der Waals surface area contributed by atoms with Crippen LogP contribution in [0.25, 0.3) is 0 Å². The fourth-order valence-corrected chi connectivity index (χ4v) is 4.78. The van der Waals surface area contributed by atoms with Crippen molar-refractivity contribution >= 4 is 55.4 Å². The van der Waals surface area contributed by atoms with Crippen molar-refractivity contribution in [1.29, 1.82) is 0 Å². The molecule has 0 atom stereocenters. The Morgan fingerprint density at radius 2 is 1.71 bits per heavy atom. The zero-order valence-corrected chi connectivity index (χ0v) is 20.3. The third-order valence-electron chi connectivity index (χ3n) is 4.43. The molecule has 0 unspecified atom stereocenters. The lowest BCUT2D eigenvalue weighted by Crippen LogP contribution is -2.40. The van der Waals surface area contributed by atoms with E-state index in [1.807, 2.05) is 0 Å². The predicted molar refractivity (Wildman–Crippen MR) is 127 cm³/mol. The van der Waals surface area contributed by atoms with Gasteiger partial charge in [-0.05, 0) is 48.0 Å². The second-order valence-corrected chi connectivity index (χ2v) is 10.0. The van der Waals surface area contributed by atoms with Gasteiger partial charge in [0.25, 0.3) is 15.9 Å². The molecule has 0 aliphatic carbocycles. The molecule has 0 saturated carbocycles. The number of alkyl halides is 3. The van der Waals surface area contributed by atoms with Gasteiger partial charge in [0.15, 0.2) is 0 Å². The van der Waals surface area contributed by atoms with Gasteiger partial charge in [0.1, 0.15) is 6.54 Å². The van der Waals surface area contributed by atoms with E-state index in [9.17, 15) is 26.4 Å². The fraction of sp³-hybridized carbons (Fsp3) is 0.0909. The van der Waals surface area contributed by atoms with E-state index in [1.165, 1.54) is 30.5 Å². The molecule has 0 fully saturated rings. The van der Waals surface area contributed by atoms with E-state index in [1.54, 1.807) is 30.3 Å². The summed E-state index contributed by atoms with van der Waals surface area (Å²) >= 11 is 9.37. The van der Waals surface area contributed by atoms with E-state index >= 15 is 0 Å². The molecule has 0 aliphatic rings. The SMILES string of the molecule is O=C(CN(c1cc(C(F)(F)F)ccc1Cl)S(=O)(=O)c1ccccc1)N/N=C/c1ccc(Br)cc1. The molecule has 0 heterocycles. The molecule has 3 aromatic carbocycles. The maximum Gasteiger partial charge on any atom is 0.416 e. The highest BCUT2D eigenvalue weighted by Gasteiger charge is 2.34. The largest absolute Gasteiger partial charge is 0.416 e. The number of halogens is 5. The van der Waals surface area contributed by atoms with Crippen molar-refractivity contribution in [2.24, 2.45) is 5.10 Å². The van der Waals surface area contributed by atoms with Gasteiger partial charge < -0.3 is 0 Å². The maximum atomic E-state index is 13.3. The number of amides is 1. The van der Waals surface area contributed by atoms with Crippen molar-refractivity contribution in [3.63, 3.8) is 0 Å². The standard InChI is InChI=1S/C22H16BrClF3N3O3S/c23-17-9-6-15(7-10-17)13-28-29-21(31)14-30(34(32,33)18-4-2-1-3-5-18)20-12-16(22(25,26)27)8-11-19(20)24/h1-13H,14H2,(H,29,31)/b28-13+. The Kier molecular flexibility index (Phi) is 8.01. The number of sulfonamides is 1. The first-order valence-electron chi connectivity index (χ1n) is 9.50. The van der Waals surface area contributed by atoms with Gasteiger partial charge in [-0.25, -0.2) is 13.8 Å². The first-order chi connectivity index (χ1) is 16.0. The number of nitrogens with zero attached hydrogens (tertiary/aromatic N) is 2. The lowest BCUT2D eigenvalue weighted by atomic mass is 10.2. The molecule has 1 amide bonds. The van der Waals surface area contributed by atoms with E-state index in [0.29, 0.717) is 15.9 Å². The van der Waals surface area contributed by atoms with Crippen LogP contribution in [0.2, 0.25) is 5.02 Å². The third kappa shape index (κ3) is 6.37. The van der Waals surface area contributed by atoms with Gasteiger partial charge in [-0.3, -0.25) is 9.10 Å². The van der Waals surface area contributed by atoms with Crippen molar-refractivity contribution in [2.75, 3.05) is 10.8 Å². The van der Waals surface area contributed by atoms with Crippen LogP contribution in [-0.2, 0) is 21.0 Å². The molecule has 34 heavy (non-hydrogen) atoms. The zero-order chi connectivity index (χ0) is 24.9. The van der Waals surface area contributed by atoms with Crippen LogP contribution < -0.4 is 9.73 Å². The summed E-state index contributed by atoms with van der Waals surface area (Å²) in [5.41, 5.74) is 1.22. The van der Waals surface area contributed by atoms with Crippen LogP contribution in [0, 0.1) is 0 Å². The summed E-state index contributed by atoms with van der Waals surface area (Å²) < 4.78 is 67.8. The average molecular weight is 575 g/mol. The summed E-state index contributed by atoms with van der Waals surface area (Å²) in [4.78, 5) is 12.3. The Morgan fingerprint density at radius 1 is 1.06 bits per heavy atom. The van der Waals surface area contributed by atoms with Crippen LogP contribution in [0.15, 0.2) is 87.3 Å². The van der Waals surface area contributed by atoms with Crippen LogP contribution in [-0.4, -0.2) is 27.1 Å². The highest BCUT2D eigenvalue weighted by atomic mass is 79.9. The van der Waals surface area contributed by atoms with Crippen molar-refractivity contribution < 1.29 is 26.4 Å². The lowest BCUT2D eigenvalue weighted by Gasteiger charge is -2.25. The van der Waals surface area contributed by atoms with Gasteiger partial charge in [0.2, 0.25) is 0 Å². The van der Waals surface area contributed by atoms with Crippen molar-refractivity contribution in [1.82, 2.24) is 5.43 Å². The number of carbonyl (C=O) groups is 1. The minimum absolute atomic E-state index is 0.227. The molecule has 0 radical (unpaired) electrons. The summed E-state index contributed by atoms with van der Waals surface area (Å²) in [5.74, 6) is -0.888. The summed E-state index contributed by atoms with van der Waals surface area (Å²) in [5, 5.41) is 3.50. The second-order valence-electron chi connectivity index (χ2n) is 6.83. The van der Waals surface area contributed by atoms with Crippen LogP contribution in [0.5, 0.6) is 0 Å². The molecular weight excluding hydrogens is 559 g/mol. The van der Waals surface area contributed by atoms with Gasteiger partial charge in [0.05, 0.1) is 27.4 Å². The van der Waals surface area contributed by atoms with Gasteiger partial charge >= 0.3 is 6.18 Å². The molecule has 6 nitrogen and oxygen atoms in total. The van der Waals surface area contributed by atoms with E-state index in [-0.39, 0.29) is 9.92 Å². The van der Waals surface area contributed by atoms with E-state index in [0.717, 1.165) is 16.6 Å². The fourth-order valence-electron chi connectivity index (χ4n) is 2.79. The summed E-state index contributed by atoms with van der Waals surface area (Å²) in [6.45, 7) is -0.865. The summed E-state index contributed by atoms with van der Waals surface area (Å²) in [6, 6.07) is 16.2. The number of hydrazone groups is 1. The number of carbonyl (C=O) groups excluding carboxylic acids is 1. The molecule has 3 aromatic rings. The predicted octanol–water partition coefficient (Wildman–Crippen LogP) is 5.47. The smallest absolute Gasteiger partial charge is 0.271 e. The minimum Gasteiger partial charge on any atom is -0.271 e. The van der Waals surface area contributed by atoms with Crippen LogP contribution in [0.4, 0.5) is 18.9 Å². The number of rotatable bonds is 7. The molecular formula is C22H16BrClF3N3O3S. The maximum absolute atomic E-state index is 13.3. The number of nitrogens with one attached hydrogen (secondary N) is 1. The summed E-state index contributed by atoms with van der Waals surface area (Å²) in [7, 11) is -4.45. The van der Waals surface area contributed by atoms with Crippen LogP contribution >= 0.6 is 27.5 Å². The van der Waals surface area contributed by atoms with Crippen molar-refractivity contribution in [3.8, 4) is 0 Å². The first kappa shape index (κ1) is 25.7. The van der Waals surface area contributed by atoms with Gasteiger partial charge in [-0.1, -0.05) is 57.9 Å². The number of benzene rings is 3. The second kappa shape index (κ2) is 10.6. The van der Waals surface area contributed by atoms with Crippen molar-refractivity contribution in [3.05, 3.63) is 93.4 Å². The molecule has 3 rings (SSSR count).